The van der Waals surface area contributed by atoms with E-state index in [1.54, 1.807) is 51.4 Å². The van der Waals surface area contributed by atoms with Crippen molar-refractivity contribution in [3.8, 4) is 0 Å². The number of aryl methyl sites for hydroxylation is 1. The van der Waals surface area contributed by atoms with E-state index in [9.17, 15) is 18.7 Å². The van der Waals surface area contributed by atoms with Gasteiger partial charge >= 0.3 is 0 Å². The molecule has 0 bridgehead atoms. The van der Waals surface area contributed by atoms with Gasteiger partial charge in [-0.1, -0.05) is 24.6 Å². The zero-order valence-corrected chi connectivity index (χ0v) is 22.5. The van der Waals surface area contributed by atoms with Crippen molar-refractivity contribution in [1.82, 2.24) is 14.5 Å². The van der Waals surface area contributed by atoms with E-state index in [0.29, 0.717) is 28.2 Å². The number of hydrogen-bond acceptors (Lipinski definition) is 5. The van der Waals surface area contributed by atoms with Gasteiger partial charge in [0.05, 0.1) is 11.4 Å². The van der Waals surface area contributed by atoms with Crippen LogP contribution < -0.4 is 5.56 Å². The molecule has 0 radical (unpaired) electrons. The molecule has 0 spiro atoms. The molecule has 1 saturated carbocycles. The van der Waals surface area contributed by atoms with Crippen molar-refractivity contribution >= 4 is 23.5 Å². The van der Waals surface area contributed by atoms with Crippen molar-refractivity contribution in [2.75, 3.05) is 0 Å². The number of nitrogens with zero attached hydrogens (tertiary/aromatic N) is 4. The molecule has 4 rings (SSSR count). The lowest BCUT2D eigenvalue weighted by Gasteiger charge is -2.15. The summed E-state index contributed by atoms with van der Waals surface area (Å²) in [5.41, 5.74) is 1.12. The predicted molar refractivity (Wildman–Crippen MR) is 145 cm³/mol. The summed E-state index contributed by atoms with van der Waals surface area (Å²) in [5.74, 6) is -1.21. The van der Waals surface area contributed by atoms with Crippen molar-refractivity contribution in [2.24, 2.45) is 10.9 Å². The van der Waals surface area contributed by atoms with Crippen LogP contribution in [0.25, 0.3) is 6.20 Å². The summed E-state index contributed by atoms with van der Waals surface area (Å²) in [7, 11) is 0. The van der Waals surface area contributed by atoms with Crippen molar-refractivity contribution in [2.45, 2.75) is 52.1 Å². The van der Waals surface area contributed by atoms with Crippen LogP contribution in [0.5, 0.6) is 0 Å². The maximum Gasteiger partial charge on any atom is 0.273 e. The van der Waals surface area contributed by atoms with E-state index in [2.05, 4.69) is 15.0 Å². The Bertz CT molecular complexity index is 1500. The number of allylic oxidation sites excluding steroid dienone is 2. The quantitative estimate of drug-likeness (QED) is 0.368. The van der Waals surface area contributed by atoms with E-state index in [1.165, 1.54) is 22.9 Å². The van der Waals surface area contributed by atoms with E-state index < -0.39 is 22.8 Å². The number of benzene rings is 1. The SMILES string of the molecule is C/C=C/N=C(/C=C/n1c(C)cc(C2C(C)C2c2cc(F)cc(F)c2)c(Cl)c1=O)c1ccnc(C(C)(C)O)n1. The highest BCUT2D eigenvalue weighted by atomic mass is 35.5. The van der Waals surface area contributed by atoms with Gasteiger partial charge in [-0.05, 0) is 86.9 Å². The summed E-state index contributed by atoms with van der Waals surface area (Å²) in [4.78, 5) is 26.3. The zero-order chi connectivity index (χ0) is 27.8. The van der Waals surface area contributed by atoms with E-state index in [1.807, 2.05) is 19.9 Å². The number of rotatable bonds is 7. The Balaban J connectivity index is 1.69. The molecule has 9 heteroatoms. The topological polar surface area (TPSA) is 80.4 Å². The maximum atomic E-state index is 13.8. The van der Waals surface area contributed by atoms with Crippen molar-refractivity contribution < 1.29 is 13.9 Å². The van der Waals surface area contributed by atoms with Gasteiger partial charge in [-0.3, -0.25) is 14.4 Å². The second-order valence-corrected chi connectivity index (χ2v) is 10.4. The molecule has 0 amide bonds. The number of aromatic nitrogens is 3. The fraction of sp³-hybridized carbons (Fsp3) is 0.310. The van der Waals surface area contributed by atoms with Crippen LogP contribution >= 0.6 is 11.6 Å². The van der Waals surface area contributed by atoms with Gasteiger partial charge in [-0.2, -0.15) is 0 Å². The Labute approximate surface area is 225 Å². The molecular weight excluding hydrogens is 510 g/mol. The summed E-state index contributed by atoms with van der Waals surface area (Å²) in [6.45, 7) is 8.77. The average molecular weight is 539 g/mol. The van der Waals surface area contributed by atoms with E-state index in [0.717, 1.165) is 6.07 Å². The van der Waals surface area contributed by atoms with Crippen molar-refractivity contribution in [3.63, 3.8) is 0 Å². The number of pyridine rings is 1. The lowest BCUT2D eigenvalue weighted by molar-refractivity contribution is 0.0686. The molecule has 2 heterocycles. The first-order valence-electron chi connectivity index (χ1n) is 12.2. The molecule has 1 aromatic carbocycles. The fourth-order valence-corrected chi connectivity index (χ4v) is 4.96. The average Bonchev–Trinajstić information content (AvgIpc) is 3.52. The number of aliphatic imine (C=N–C) groups is 1. The van der Waals surface area contributed by atoms with Gasteiger partial charge in [0, 0.05) is 30.4 Å². The van der Waals surface area contributed by atoms with Gasteiger partial charge in [0.15, 0.2) is 5.82 Å². The number of aliphatic hydroxyl groups is 1. The first kappa shape index (κ1) is 27.5. The van der Waals surface area contributed by atoms with Gasteiger partial charge in [0.1, 0.15) is 22.3 Å². The summed E-state index contributed by atoms with van der Waals surface area (Å²) in [6.07, 6.45) is 8.10. The van der Waals surface area contributed by atoms with Crippen LogP contribution in [-0.4, -0.2) is 25.4 Å². The standard InChI is InChI=1S/C29H29ClF2N4O2/c1-6-9-33-22(23-7-10-34-28(35-23)29(4,5)38)8-11-36-16(2)12-21(26(30)27(36)37)25-17(3)24(25)18-13-19(31)15-20(32)14-18/h6-15,17,24-25,38H,1-5H3/b9-6+,11-8+,33-22-. The fourth-order valence-electron chi connectivity index (χ4n) is 4.68. The minimum Gasteiger partial charge on any atom is -0.382 e. The molecule has 1 aliphatic carbocycles. The molecule has 198 valence electrons. The largest absolute Gasteiger partial charge is 0.382 e. The Hall–Kier alpha value is -3.49. The van der Waals surface area contributed by atoms with Gasteiger partial charge < -0.3 is 5.11 Å². The lowest BCUT2D eigenvalue weighted by atomic mass is 10.0. The summed E-state index contributed by atoms with van der Waals surface area (Å²) < 4.78 is 29.0. The van der Waals surface area contributed by atoms with Crippen molar-refractivity contribution in [1.29, 1.82) is 0 Å². The van der Waals surface area contributed by atoms with Crippen LogP contribution in [0, 0.1) is 24.5 Å². The summed E-state index contributed by atoms with van der Waals surface area (Å²) >= 11 is 6.57. The lowest BCUT2D eigenvalue weighted by Crippen LogP contribution is -2.21. The minimum absolute atomic E-state index is 0.0646. The van der Waals surface area contributed by atoms with E-state index in [4.69, 9.17) is 11.6 Å². The molecule has 3 unspecified atom stereocenters. The normalized spacial score (nSPS) is 20.0. The Morgan fingerprint density at radius 3 is 2.50 bits per heavy atom. The second kappa shape index (κ2) is 10.7. The molecule has 38 heavy (non-hydrogen) atoms. The van der Waals surface area contributed by atoms with E-state index in [-0.39, 0.29) is 28.6 Å². The summed E-state index contributed by atoms with van der Waals surface area (Å²) in [5, 5.41) is 10.4. The predicted octanol–water partition coefficient (Wildman–Crippen LogP) is 6.12. The highest BCUT2D eigenvalue weighted by molar-refractivity contribution is 6.31. The van der Waals surface area contributed by atoms with Crippen LogP contribution in [0.15, 0.2) is 64.7 Å². The Kier molecular flexibility index (Phi) is 7.76. The molecule has 6 nitrogen and oxygen atoms in total. The zero-order valence-electron chi connectivity index (χ0n) is 21.8. The van der Waals surface area contributed by atoms with E-state index >= 15 is 0 Å². The molecule has 1 fully saturated rings. The van der Waals surface area contributed by atoms with Crippen LogP contribution in [-0.2, 0) is 5.60 Å². The molecule has 2 aromatic heterocycles. The maximum absolute atomic E-state index is 13.8. The molecule has 1 N–H and O–H groups in total. The first-order chi connectivity index (χ1) is 17.9. The number of halogens is 3. The Morgan fingerprint density at radius 1 is 1.18 bits per heavy atom. The van der Waals surface area contributed by atoms with Crippen LogP contribution in [0.2, 0.25) is 5.02 Å². The van der Waals surface area contributed by atoms with Gasteiger partial charge in [-0.15, -0.1) is 0 Å². The smallest absolute Gasteiger partial charge is 0.273 e. The monoisotopic (exact) mass is 538 g/mol. The summed E-state index contributed by atoms with van der Waals surface area (Å²) in [6, 6.07) is 7.01. The van der Waals surface area contributed by atoms with Crippen LogP contribution in [0.1, 0.15) is 67.9 Å². The number of hydrogen-bond donors (Lipinski definition) is 1. The van der Waals surface area contributed by atoms with Crippen LogP contribution in [0.4, 0.5) is 8.78 Å². The third-order valence-corrected chi connectivity index (χ3v) is 7.00. The molecule has 3 aromatic rings. The second-order valence-electron chi connectivity index (χ2n) is 9.98. The highest BCUT2D eigenvalue weighted by Gasteiger charge is 2.50. The third-order valence-electron chi connectivity index (χ3n) is 6.62. The molecule has 0 saturated heterocycles. The molecule has 0 aliphatic heterocycles. The van der Waals surface area contributed by atoms with Gasteiger partial charge in [0.2, 0.25) is 0 Å². The molecule has 1 aliphatic rings. The highest BCUT2D eigenvalue weighted by Crippen LogP contribution is 2.61. The molecule has 3 atom stereocenters. The third kappa shape index (κ3) is 5.66. The van der Waals surface area contributed by atoms with Crippen molar-refractivity contribution in [3.05, 3.63) is 110 Å². The van der Waals surface area contributed by atoms with Gasteiger partial charge in [-0.25, -0.2) is 18.7 Å². The van der Waals surface area contributed by atoms with Gasteiger partial charge in [0.25, 0.3) is 5.56 Å². The van der Waals surface area contributed by atoms with Crippen LogP contribution in [0.3, 0.4) is 0 Å². The molecular formula is C29H29ClF2N4O2. The minimum atomic E-state index is -1.24. The first-order valence-corrected chi connectivity index (χ1v) is 12.6. The Morgan fingerprint density at radius 2 is 1.87 bits per heavy atom.